The monoisotopic (exact) mass is 473 g/mol. The summed E-state index contributed by atoms with van der Waals surface area (Å²) in [5, 5.41) is 3.02. The van der Waals surface area contributed by atoms with E-state index in [2.05, 4.69) is 29.3 Å². The summed E-state index contributed by atoms with van der Waals surface area (Å²) in [7, 11) is -0.718. The Balaban J connectivity index is 1.45. The molecule has 170 valence electrons. The number of rotatable bonds is 7. The zero-order chi connectivity index (χ0) is 22.7. The highest BCUT2D eigenvalue weighted by Crippen LogP contribution is 2.32. The minimum atomic E-state index is -3.70. The molecule has 1 aromatic heterocycles. The van der Waals surface area contributed by atoms with E-state index in [1.807, 2.05) is 12.1 Å². The van der Waals surface area contributed by atoms with Crippen LogP contribution in [0.5, 0.6) is 11.5 Å². The third-order valence-electron chi connectivity index (χ3n) is 5.67. The number of nitrogens with zero attached hydrogens (tertiary/aromatic N) is 3. The first-order chi connectivity index (χ1) is 15.4. The molecule has 0 N–H and O–H groups in total. The van der Waals surface area contributed by atoms with Gasteiger partial charge in [-0.05, 0) is 30.2 Å². The van der Waals surface area contributed by atoms with Crippen molar-refractivity contribution in [1.29, 1.82) is 0 Å². The van der Waals surface area contributed by atoms with Gasteiger partial charge in [0.05, 0.1) is 19.9 Å². The van der Waals surface area contributed by atoms with Gasteiger partial charge in [0.2, 0.25) is 10.0 Å². The number of ether oxygens (including phenoxy) is 2. The first-order valence-corrected chi connectivity index (χ1v) is 12.7. The van der Waals surface area contributed by atoms with Gasteiger partial charge in [0.1, 0.15) is 16.4 Å². The Morgan fingerprint density at radius 1 is 1.03 bits per heavy atom. The minimum absolute atomic E-state index is 0.127. The van der Waals surface area contributed by atoms with Gasteiger partial charge in [-0.25, -0.2) is 13.4 Å². The quantitative estimate of drug-likeness (QED) is 0.522. The lowest BCUT2D eigenvalue weighted by Gasteiger charge is -2.34. The van der Waals surface area contributed by atoms with Gasteiger partial charge in [0.25, 0.3) is 0 Å². The smallest absolute Gasteiger partial charge is 0.247 e. The number of hydrogen-bond donors (Lipinski definition) is 0. The lowest BCUT2D eigenvalue weighted by atomic mass is 10.1. The van der Waals surface area contributed by atoms with Gasteiger partial charge >= 0.3 is 0 Å². The van der Waals surface area contributed by atoms with Gasteiger partial charge in [-0.15, -0.1) is 11.3 Å². The Hall–Kier alpha value is -2.62. The van der Waals surface area contributed by atoms with Crippen LogP contribution in [0.1, 0.15) is 16.8 Å². The molecule has 32 heavy (non-hydrogen) atoms. The van der Waals surface area contributed by atoms with Crippen molar-refractivity contribution in [3.63, 3.8) is 0 Å². The molecule has 2 aromatic carbocycles. The molecule has 0 amide bonds. The standard InChI is InChI=1S/C23H27N3O4S2/c1-17-6-4-5-7-18(17)14-19-16-31-23(24-19)25-10-12-26(13-11-25)32(27,28)22-15-20(29-2)8-9-21(22)30-3/h4-9,15-16H,10-14H2,1-3H3. The number of methoxy groups -OCH3 is 2. The molecule has 0 bridgehead atoms. The maximum atomic E-state index is 13.3. The van der Waals surface area contributed by atoms with E-state index in [1.54, 1.807) is 23.5 Å². The second-order valence-corrected chi connectivity index (χ2v) is 10.4. The lowest BCUT2D eigenvalue weighted by molar-refractivity contribution is 0.370. The van der Waals surface area contributed by atoms with Crippen LogP contribution in [0.25, 0.3) is 0 Å². The maximum absolute atomic E-state index is 13.3. The Labute approximate surface area is 193 Å². The van der Waals surface area contributed by atoms with Gasteiger partial charge < -0.3 is 14.4 Å². The van der Waals surface area contributed by atoms with E-state index in [-0.39, 0.29) is 4.90 Å². The number of anilines is 1. The molecule has 2 heterocycles. The molecule has 3 aromatic rings. The van der Waals surface area contributed by atoms with E-state index in [0.717, 1.165) is 17.2 Å². The van der Waals surface area contributed by atoms with Gasteiger partial charge in [-0.1, -0.05) is 24.3 Å². The van der Waals surface area contributed by atoms with Gasteiger partial charge in [0.15, 0.2) is 5.13 Å². The molecule has 1 aliphatic heterocycles. The normalized spacial score (nSPS) is 15.0. The number of aromatic nitrogens is 1. The largest absolute Gasteiger partial charge is 0.497 e. The molecule has 4 rings (SSSR count). The summed E-state index contributed by atoms with van der Waals surface area (Å²) in [6.07, 6.45) is 0.799. The second kappa shape index (κ2) is 9.48. The van der Waals surface area contributed by atoms with Gasteiger partial charge in [-0.2, -0.15) is 4.31 Å². The summed E-state index contributed by atoms with van der Waals surface area (Å²) >= 11 is 1.61. The highest BCUT2D eigenvalue weighted by Gasteiger charge is 2.32. The van der Waals surface area contributed by atoms with E-state index in [4.69, 9.17) is 14.5 Å². The van der Waals surface area contributed by atoms with Crippen LogP contribution in [-0.4, -0.2) is 58.1 Å². The Kier molecular flexibility index (Phi) is 6.68. The zero-order valence-corrected chi connectivity index (χ0v) is 20.1. The molecule has 9 heteroatoms. The van der Waals surface area contributed by atoms with Crippen molar-refractivity contribution < 1.29 is 17.9 Å². The Morgan fingerprint density at radius 3 is 2.47 bits per heavy atom. The van der Waals surface area contributed by atoms with Crippen molar-refractivity contribution in [3.8, 4) is 11.5 Å². The third kappa shape index (κ3) is 4.60. The summed E-state index contributed by atoms with van der Waals surface area (Å²) in [6.45, 7) is 4.05. The predicted molar refractivity (Wildman–Crippen MR) is 127 cm³/mol. The molecule has 0 saturated carbocycles. The predicted octanol–water partition coefficient (Wildman–Crippen LogP) is 3.57. The topological polar surface area (TPSA) is 72.0 Å². The summed E-state index contributed by atoms with van der Waals surface area (Å²) in [5.41, 5.74) is 3.57. The summed E-state index contributed by atoms with van der Waals surface area (Å²) in [5.74, 6) is 0.793. The third-order valence-corrected chi connectivity index (χ3v) is 8.54. The van der Waals surface area contributed by atoms with E-state index in [9.17, 15) is 8.42 Å². The van der Waals surface area contributed by atoms with Gasteiger partial charge in [-0.3, -0.25) is 0 Å². The number of hydrogen-bond acceptors (Lipinski definition) is 7. The van der Waals surface area contributed by atoms with Crippen molar-refractivity contribution >= 4 is 26.5 Å². The lowest BCUT2D eigenvalue weighted by Crippen LogP contribution is -2.48. The molecule has 0 atom stereocenters. The van der Waals surface area contributed by atoms with Crippen molar-refractivity contribution in [2.45, 2.75) is 18.2 Å². The molecule has 1 fully saturated rings. The van der Waals surface area contributed by atoms with Crippen molar-refractivity contribution in [3.05, 3.63) is 64.7 Å². The van der Waals surface area contributed by atoms with E-state index < -0.39 is 10.0 Å². The average Bonchev–Trinajstić information content (AvgIpc) is 3.29. The number of aryl methyl sites for hydroxylation is 1. The summed E-state index contributed by atoms with van der Waals surface area (Å²) < 4.78 is 38.6. The van der Waals surface area contributed by atoms with E-state index in [1.165, 1.54) is 35.7 Å². The van der Waals surface area contributed by atoms with Crippen LogP contribution in [-0.2, 0) is 16.4 Å². The molecule has 7 nitrogen and oxygen atoms in total. The number of thiazole rings is 1. The van der Waals surface area contributed by atoms with Crippen molar-refractivity contribution in [2.75, 3.05) is 45.3 Å². The van der Waals surface area contributed by atoms with Crippen molar-refractivity contribution in [1.82, 2.24) is 9.29 Å². The summed E-state index contributed by atoms with van der Waals surface area (Å²) in [4.78, 5) is 7.09. The van der Waals surface area contributed by atoms with Crippen LogP contribution in [0.4, 0.5) is 5.13 Å². The molecule has 1 aliphatic rings. The van der Waals surface area contributed by atoms with Crippen LogP contribution in [0.15, 0.2) is 52.7 Å². The molecule has 0 unspecified atom stereocenters. The fourth-order valence-corrected chi connectivity index (χ4v) is 6.24. The van der Waals surface area contributed by atoms with Crippen LogP contribution in [0, 0.1) is 6.92 Å². The highest BCUT2D eigenvalue weighted by atomic mass is 32.2. The second-order valence-electron chi connectivity index (χ2n) is 7.63. The maximum Gasteiger partial charge on any atom is 0.247 e. The Bertz CT molecular complexity index is 1190. The molecular formula is C23H27N3O4S2. The number of benzene rings is 2. The Morgan fingerprint density at radius 2 is 1.78 bits per heavy atom. The molecule has 0 radical (unpaired) electrons. The van der Waals surface area contributed by atoms with Crippen molar-refractivity contribution in [2.24, 2.45) is 0 Å². The number of sulfonamides is 1. The molecule has 0 spiro atoms. The minimum Gasteiger partial charge on any atom is -0.497 e. The molecular weight excluding hydrogens is 446 g/mol. The van der Waals surface area contributed by atoms with Gasteiger partial charge in [0, 0.05) is 44.0 Å². The average molecular weight is 474 g/mol. The van der Waals surface area contributed by atoms with Crippen LogP contribution >= 0.6 is 11.3 Å². The summed E-state index contributed by atoms with van der Waals surface area (Å²) in [6, 6.07) is 13.1. The molecule has 0 aliphatic carbocycles. The number of piperazine rings is 1. The van der Waals surface area contributed by atoms with E-state index in [0.29, 0.717) is 37.7 Å². The first-order valence-electron chi connectivity index (χ1n) is 10.4. The first kappa shape index (κ1) is 22.6. The van der Waals surface area contributed by atoms with Crippen LogP contribution < -0.4 is 14.4 Å². The molecule has 1 saturated heterocycles. The van der Waals surface area contributed by atoms with Crippen LogP contribution in [0.3, 0.4) is 0 Å². The fraction of sp³-hybridized carbons (Fsp3) is 0.348. The van der Waals surface area contributed by atoms with E-state index >= 15 is 0 Å². The van der Waals surface area contributed by atoms with Crippen LogP contribution in [0.2, 0.25) is 0 Å². The SMILES string of the molecule is COc1ccc(OC)c(S(=O)(=O)N2CCN(c3nc(Cc4ccccc4C)cs3)CC2)c1. The zero-order valence-electron chi connectivity index (χ0n) is 18.4. The fourth-order valence-electron chi connectivity index (χ4n) is 3.77. The highest BCUT2D eigenvalue weighted by molar-refractivity contribution is 7.89.